The highest BCUT2D eigenvalue weighted by molar-refractivity contribution is 5.25. The predicted molar refractivity (Wildman–Crippen MR) is 88.6 cm³/mol. The average Bonchev–Trinajstić information content (AvgIpc) is 3.35. The van der Waals surface area contributed by atoms with Crippen LogP contribution in [0, 0.1) is 6.92 Å². The molecular formula is C18H29N3. The van der Waals surface area contributed by atoms with Gasteiger partial charge in [0.05, 0.1) is 0 Å². The fourth-order valence-corrected chi connectivity index (χ4v) is 3.62. The molecule has 2 aliphatic rings. The minimum absolute atomic E-state index is 0.415. The molecule has 0 bridgehead atoms. The van der Waals surface area contributed by atoms with Crippen molar-refractivity contribution in [1.29, 1.82) is 0 Å². The van der Waals surface area contributed by atoms with Gasteiger partial charge in [0.2, 0.25) is 0 Å². The molecule has 2 fully saturated rings. The maximum atomic E-state index is 3.53. The van der Waals surface area contributed by atoms with Crippen LogP contribution in [0.15, 0.2) is 24.3 Å². The zero-order valence-electron chi connectivity index (χ0n) is 13.7. The monoisotopic (exact) mass is 287 g/mol. The smallest absolute Gasteiger partial charge is 0.0473 e. The molecular weight excluding hydrogens is 258 g/mol. The summed E-state index contributed by atoms with van der Waals surface area (Å²) in [7, 11) is 2.08. The zero-order chi connectivity index (χ0) is 14.8. The maximum Gasteiger partial charge on any atom is 0.0473 e. The fourth-order valence-electron chi connectivity index (χ4n) is 3.62. The van der Waals surface area contributed by atoms with Crippen LogP contribution in [0.3, 0.4) is 0 Å². The van der Waals surface area contributed by atoms with Crippen molar-refractivity contribution in [3.63, 3.8) is 0 Å². The number of benzene rings is 1. The summed E-state index contributed by atoms with van der Waals surface area (Å²) < 4.78 is 0. The standard InChI is InChI=1S/C18H29N3/c1-14-4-6-16(7-5-14)18(19-3)15(2)20-10-12-21(13-11-20)17-8-9-17/h4-7,15,17-19H,8-13H2,1-3H3. The Morgan fingerprint density at radius 3 is 2.19 bits per heavy atom. The van der Waals surface area contributed by atoms with Crippen molar-refractivity contribution in [1.82, 2.24) is 15.1 Å². The Hall–Kier alpha value is -0.900. The molecule has 116 valence electrons. The van der Waals surface area contributed by atoms with Crippen molar-refractivity contribution in [2.24, 2.45) is 0 Å². The first-order valence-corrected chi connectivity index (χ1v) is 8.41. The highest BCUT2D eigenvalue weighted by atomic mass is 15.3. The van der Waals surface area contributed by atoms with Crippen LogP contribution in [-0.4, -0.2) is 55.1 Å². The van der Waals surface area contributed by atoms with Gasteiger partial charge >= 0.3 is 0 Å². The van der Waals surface area contributed by atoms with Crippen molar-refractivity contribution in [3.05, 3.63) is 35.4 Å². The van der Waals surface area contributed by atoms with Crippen LogP contribution < -0.4 is 5.32 Å². The van der Waals surface area contributed by atoms with E-state index in [1.807, 2.05) is 0 Å². The van der Waals surface area contributed by atoms with Gasteiger partial charge in [-0.3, -0.25) is 9.80 Å². The number of nitrogens with zero attached hydrogens (tertiary/aromatic N) is 2. The molecule has 0 spiro atoms. The van der Waals surface area contributed by atoms with E-state index >= 15 is 0 Å². The van der Waals surface area contributed by atoms with E-state index in [-0.39, 0.29) is 0 Å². The molecule has 1 heterocycles. The number of nitrogens with one attached hydrogen (secondary N) is 1. The Morgan fingerprint density at radius 2 is 1.67 bits per heavy atom. The summed E-state index contributed by atoms with van der Waals surface area (Å²) >= 11 is 0. The molecule has 2 atom stereocenters. The molecule has 21 heavy (non-hydrogen) atoms. The number of hydrogen-bond acceptors (Lipinski definition) is 3. The Bertz CT molecular complexity index is 444. The average molecular weight is 287 g/mol. The van der Waals surface area contributed by atoms with Gasteiger partial charge in [-0.15, -0.1) is 0 Å². The van der Waals surface area contributed by atoms with Crippen LogP contribution >= 0.6 is 0 Å². The second-order valence-electron chi connectivity index (χ2n) is 6.72. The molecule has 0 amide bonds. The predicted octanol–water partition coefficient (Wildman–Crippen LogP) is 2.42. The number of hydrogen-bond donors (Lipinski definition) is 1. The van der Waals surface area contributed by atoms with Crippen molar-refractivity contribution in [2.45, 2.75) is 44.8 Å². The summed E-state index contributed by atoms with van der Waals surface area (Å²) in [6.07, 6.45) is 2.86. The summed E-state index contributed by atoms with van der Waals surface area (Å²) in [4.78, 5) is 5.34. The van der Waals surface area contributed by atoms with Gasteiger partial charge in [0.1, 0.15) is 0 Å². The third-order valence-corrected chi connectivity index (χ3v) is 5.22. The molecule has 3 rings (SSSR count). The van der Waals surface area contributed by atoms with Crippen LogP contribution in [0.1, 0.15) is 36.9 Å². The van der Waals surface area contributed by atoms with Gasteiger partial charge in [0, 0.05) is 44.3 Å². The molecule has 1 aromatic rings. The molecule has 1 saturated carbocycles. The Labute approximate surface area is 129 Å². The summed E-state index contributed by atoms with van der Waals surface area (Å²) in [5.74, 6) is 0. The minimum atomic E-state index is 0.415. The van der Waals surface area contributed by atoms with Crippen LogP contribution in [0.4, 0.5) is 0 Å². The highest BCUT2D eigenvalue weighted by Crippen LogP contribution is 2.29. The van der Waals surface area contributed by atoms with Gasteiger partial charge in [-0.05, 0) is 39.3 Å². The fraction of sp³-hybridized carbons (Fsp3) is 0.667. The van der Waals surface area contributed by atoms with E-state index in [2.05, 4.69) is 60.3 Å². The molecule has 0 aromatic heterocycles. The SMILES string of the molecule is CNC(c1ccc(C)cc1)C(C)N1CCN(C2CC2)CC1. The molecule has 3 nitrogen and oxygen atoms in total. The Morgan fingerprint density at radius 1 is 1.05 bits per heavy atom. The molecule has 3 heteroatoms. The number of rotatable bonds is 5. The minimum Gasteiger partial charge on any atom is -0.312 e. The number of aryl methyl sites for hydroxylation is 1. The number of piperazine rings is 1. The summed E-state index contributed by atoms with van der Waals surface area (Å²) in [5.41, 5.74) is 2.74. The second kappa shape index (κ2) is 6.47. The Balaban J connectivity index is 1.62. The van der Waals surface area contributed by atoms with E-state index in [0.717, 1.165) is 6.04 Å². The van der Waals surface area contributed by atoms with Gasteiger partial charge in [-0.1, -0.05) is 29.8 Å². The second-order valence-corrected chi connectivity index (χ2v) is 6.72. The van der Waals surface area contributed by atoms with E-state index in [0.29, 0.717) is 12.1 Å². The van der Waals surface area contributed by atoms with E-state index in [1.165, 1.54) is 50.1 Å². The number of likely N-dealkylation sites (N-methyl/N-ethyl adjacent to an activating group) is 1. The van der Waals surface area contributed by atoms with E-state index < -0.39 is 0 Å². The lowest BCUT2D eigenvalue weighted by molar-refractivity contribution is 0.0827. The van der Waals surface area contributed by atoms with Gasteiger partial charge in [-0.25, -0.2) is 0 Å². The van der Waals surface area contributed by atoms with Crippen LogP contribution in [0.5, 0.6) is 0 Å². The van der Waals surface area contributed by atoms with Crippen LogP contribution in [0.25, 0.3) is 0 Å². The van der Waals surface area contributed by atoms with E-state index in [4.69, 9.17) is 0 Å². The summed E-state index contributed by atoms with van der Waals surface area (Å²) in [6, 6.07) is 10.9. The van der Waals surface area contributed by atoms with Crippen molar-refractivity contribution in [2.75, 3.05) is 33.2 Å². The molecule has 1 saturated heterocycles. The molecule has 1 aliphatic heterocycles. The van der Waals surface area contributed by atoms with Gasteiger partial charge in [0.15, 0.2) is 0 Å². The van der Waals surface area contributed by atoms with E-state index in [1.54, 1.807) is 0 Å². The first-order valence-electron chi connectivity index (χ1n) is 8.41. The third kappa shape index (κ3) is 3.47. The summed E-state index contributed by atoms with van der Waals surface area (Å²) in [6.45, 7) is 9.44. The van der Waals surface area contributed by atoms with Gasteiger partial charge in [-0.2, -0.15) is 0 Å². The lowest BCUT2D eigenvalue weighted by Crippen LogP contribution is -2.52. The van der Waals surface area contributed by atoms with Gasteiger partial charge in [0.25, 0.3) is 0 Å². The quantitative estimate of drug-likeness (QED) is 0.897. The highest BCUT2D eigenvalue weighted by Gasteiger charge is 2.33. The van der Waals surface area contributed by atoms with Crippen LogP contribution in [0.2, 0.25) is 0 Å². The maximum absolute atomic E-state index is 3.53. The zero-order valence-corrected chi connectivity index (χ0v) is 13.7. The lowest BCUT2D eigenvalue weighted by Gasteiger charge is -2.41. The van der Waals surface area contributed by atoms with Crippen molar-refractivity contribution in [3.8, 4) is 0 Å². The van der Waals surface area contributed by atoms with E-state index in [9.17, 15) is 0 Å². The Kier molecular flexibility index (Phi) is 4.63. The van der Waals surface area contributed by atoms with Crippen LogP contribution in [-0.2, 0) is 0 Å². The van der Waals surface area contributed by atoms with Gasteiger partial charge < -0.3 is 5.32 Å². The normalized spacial score (nSPS) is 24.0. The molecule has 0 radical (unpaired) electrons. The topological polar surface area (TPSA) is 18.5 Å². The largest absolute Gasteiger partial charge is 0.312 e. The third-order valence-electron chi connectivity index (χ3n) is 5.22. The first-order chi connectivity index (χ1) is 10.2. The molecule has 1 aromatic carbocycles. The van der Waals surface area contributed by atoms with Crippen molar-refractivity contribution >= 4 is 0 Å². The molecule has 2 unspecified atom stereocenters. The van der Waals surface area contributed by atoms with Crippen molar-refractivity contribution < 1.29 is 0 Å². The first kappa shape index (κ1) is 15.0. The lowest BCUT2D eigenvalue weighted by atomic mass is 9.98. The molecule has 1 aliphatic carbocycles. The molecule has 1 N–H and O–H groups in total. The summed E-state index contributed by atoms with van der Waals surface area (Å²) in [5, 5.41) is 3.53.